The van der Waals surface area contributed by atoms with Crippen LogP contribution in [0.5, 0.6) is 0 Å². The largest absolute Gasteiger partial charge is 0.369 e. The van der Waals surface area contributed by atoms with Crippen LogP contribution in [-0.2, 0) is 4.79 Å². The van der Waals surface area contributed by atoms with E-state index < -0.39 is 0 Å². The second kappa shape index (κ2) is 5.64. The molecule has 0 spiro atoms. The Kier molecular flexibility index (Phi) is 4.18. The van der Waals surface area contributed by atoms with E-state index in [9.17, 15) is 4.79 Å². The van der Waals surface area contributed by atoms with E-state index in [1.165, 1.54) is 38.5 Å². The Balaban J connectivity index is 1.96. The van der Waals surface area contributed by atoms with Gasteiger partial charge in [-0.25, -0.2) is 0 Å². The van der Waals surface area contributed by atoms with Crippen LogP contribution in [0.1, 0.15) is 38.5 Å². The van der Waals surface area contributed by atoms with Crippen LogP contribution >= 0.6 is 0 Å². The van der Waals surface area contributed by atoms with E-state index in [0.29, 0.717) is 18.6 Å². The van der Waals surface area contributed by atoms with Gasteiger partial charge in [0, 0.05) is 18.6 Å². The highest BCUT2D eigenvalue weighted by molar-refractivity contribution is 5.76. The van der Waals surface area contributed by atoms with Crippen LogP contribution in [0.4, 0.5) is 0 Å². The van der Waals surface area contributed by atoms with Crippen molar-refractivity contribution in [1.82, 2.24) is 10.2 Å². The molecule has 1 saturated carbocycles. The molecule has 1 atom stereocenters. The average Bonchev–Trinajstić information content (AvgIpc) is 2.80. The van der Waals surface area contributed by atoms with E-state index >= 15 is 0 Å². The first-order chi connectivity index (χ1) is 7.77. The highest BCUT2D eigenvalue weighted by atomic mass is 16.1. The maximum absolute atomic E-state index is 11.2. The standard InChI is InChI=1S/C12H23N3O/c13-12(16)9-15(10-4-1-2-5-10)11-6-3-7-14-8-11/h10-11,14H,1-9H2,(H2,13,16). The van der Waals surface area contributed by atoms with Gasteiger partial charge in [0.1, 0.15) is 0 Å². The molecule has 0 aromatic rings. The van der Waals surface area contributed by atoms with Crippen LogP contribution < -0.4 is 11.1 Å². The second-order valence-electron chi connectivity index (χ2n) is 5.08. The van der Waals surface area contributed by atoms with Crippen LogP contribution in [-0.4, -0.2) is 42.5 Å². The van der Waals surface area contributed by atoms with Gasteiger partial charge in [0.2, 0.25) is 5.91 Å². The third-order valence-electron chi connectivity index (χ3n) is 3.87. The molecule has 1 aliphatic carbocycles. The minimum Gasteiger partial charge on any atom is -0.369 e. The molecule has 3 N–H and O–H groups in total. The van der Waals surface area contributed by atoms with E-state index in [1.54, 1.807) is 0 Å². The molecule has 1 unspecified atom stereocenters. The van der Waals surface area contributed by atoms with E-state index in [0.717, 1.165) is 13.1 Å². The van der Waals surface area contributed by atoms with Gasteiger partial charge >= 0.3 is 0 Å². The molecule has 4 nitrogen and oxygen atoms in total. The number of nitrogens with two attached hydrogens (primary N) is 1. The van der Waals surface area contributed by atoms with Gasteiger partial charge in [0.25, 0.3) is 0 Å². The monoisotopic (exact) mass is 225 g/mol. The highest BCUT2D eigenvalue weighted by Crippen LogP contribution is 2.26. The van der Waals surface area contributed by atoms with Gasteiger partial charge < -0.3 is 11.1 Å². The fourth-order valence-electron chi connectivity index (χ4n) is 3.09. The molecule has 1 saturated heterocycles. The summed E-state index contributed by atoms with van der Waals surface area (Å²) < 4.78 is 0. The number of hydrogen-bond acceptors (Lipinski definition) is 3. The van der Waals surface area contributed by atoms with E-state index in [-0.39, 0.29) is 5.91 Å². The normalized spacial score (nSPS) is 27.4. The summed E-state index contributed by atoms with van der Waals surface area (Å²) in [4.78, 5) is 13.5. The first-order valence-corrected chi connectivity index (χ1v) is 6.52. The van der Waals surface area contributed by atoms with Gasteiger partial charge in [-0.3, -0.25) is 9.69 Å². The van der Waals surface area contributed by atoms with Crippen LogP contribution in [0.3, 0.4) is 0 Å². The van der Waals surface area contributed by atoms with Crippen LogP contribution in [0.2, 0.25) is 0 Å². The van der Waals surface area contributed by atoms with Gasteiger partial charge in [0.15, 0.2) is 0 Å². The molecule has 1 aliphatic heterocycles. The Labute approximate surface area is 97.6 Å². The average molecular weight is 225 g/mol. The minimum atomic E-state index is -0.183. The van der Waals surface area contributed by atoms with Crippen LogP contribution in [0, 0.1) is 0 Å². The van der Waals surface area contributed by atoms with E-state index in [2.05, 4.69) is 10.2 Å². The molecule has 0 bridgehead atoms. The predicted octanol–water partition coefficient (Wildman–Crippen LogP) is 0.468. The third-order valence-corrected chi connectivity index (χ3v) is 3.87. The van der Waals surface area contributed by atoms with E-state index in [4.69, 9.17) is 5.73 Å². The van der Waals surface area contributed by atoms with Crippen molar-refractivity contribution < 1.29 is 4.79 Å². The summed E-state index contributed by atoms with van der Waals surface area (Å²) >= 11 is 0. The molecular weight excluding hydrogens is 202 g/mol. The number of nitrogens with zero attached hydrogens (tertiary/aromatic N) is 1. The lowest BCUT2D eigenvalue weighted by atomic mass is 10.0. The zero-order chi connectivity index (χ0) is 11.4. The van der Waals surface area contributed by atoms with Crippen molar-refractivity contribution in [2.45, 2.75) is 50.6 Å². The Morgan fingerprint density at radius 1 is 1.19 bits per heavy atom. The lowest BCUT2D eigenvalue weighted by molar-refractivity contribution is -0.120. The van der Waals surface area contributed by atoms with Crippen molar-refractivity contribution in [3.63, 3.8) is 0 Å². The smallest absolute Gasteiger partial charge is 0.231 e. The zero-order valence-corrected chi connectivity index (χ0v) is 9.95. The topological polar surface area (TPSA) is 58.4 Å². The number of carbonyl (C=O) groups excluding carboxylic acids is 1. The predicted molar refractivity (Wildman–Crippen MR) is 64.0 cm³/mol. The molecule has 0 aromatic carbocycles. The molecule has 16 heavy (non-hydrogen) atoms. The Hall–Kier alpha value is -0.610. The Morgan fingerprint density at radius 3 is 2.44 bits per heavy atom. The van der Waals surface area contributed by atoms with Crippen LogP contribution in [0.25, 0.3) is 0 Å². The zero-order valence-electron chi connectivity index (χ0n) is 9.95. The van der Waals surface area contributed by atoms with Crippen molar-refractivity contribution in [3.8, 4) is 0 Å². The minimum absolute atomic E-state index is 0.183. The van der Waals surface area contributed by atoms with Crippen molar-refractivity contribution in [3.05, 3.63) is 0 Å². The van der Waals surface area contributed by atoms with Crippen molar-refractivity contribution in [1.29, 1.82) is 0 Å². The lowest BCUT2D eigenvalue weighted by Gasteiger charge is -2.38. The first-order valence-electron chi connectivity index (χ1n) is 6.52. The number of piperidine rings is 1. The van der Waals surface area contributed by atoms with Crippen LogP contribution in [0.15, 0.2) is 0 Å². The highest BCUT2D eigenvalue weighted by Gasteiger charge is 2.30. The Bertz CT molecular complexity index is 232. The van der Waals surface area contributed by atoms with Crippen molar-refractivity contribution >= 4 is 5.91 Å². The number of primary amides is 1. The molecule has 2 rings (SSSR count). The molecule has 4 heteroatoms. The maximum atomic E-state index is 11.2. The summed E-state index contributed by atoms with van der Waals surface area (Å²) in [6, 6.07) is 1.11. The first kappa shape index (κ1) is 11.9. The number of nitrogens with one attached hydrogen (secondary N) is 1. The number of hydrogen-bond donors (Lipinski definition) is 2. The number of carbonyl (C=O) groups is 1. The maximum Gasteiger partial charge on any atom is 0.231 e. The third kappa shape index (κ3) is 2.95. The summed E-state index contributed by atoms with van der Waals surface area (Å²) in [6.07, 6.45) is 7.51. The number of rotatable bonds is 4. The molecule has 0 radical (unpaired) electrons. The van der Waals surface area contributed by atoms with Gasteiger partial charge in [-0.05, 0) is 32.2 Å². The van der Waals surface area contributed by atoms with Crippen molar-refractivity contribution in [2.75, 3.05) is 19.6 Å². The summed E-state index contributed by atoms with van der Waals surface area (Å²) in [5.41, 5.74) is 5.37. The molecular formula is C12H23N3O. The molecule has 1 heterocycles. The molecule has 2 aliphatic rings. The molecule has 2 fully saturated rings. The summed E-state index contributed by atoms with van der Waals surface area (Å²) in [5.74, 6) is -0.183. The van der Waals surface area contributed by atoms with Gasteiger partial charge in [0.05, 0.1) is 6.54 Å². The molecule has 1 amide bonds. The fourth-order valence-corrected chi connectivity index (χ4v) is 3.09. The fraction of sp³-hybridized carbons (Fsp3) is 0.917. The quantitative estimate of drug-likeness (QED) is 0.731. The Morgan fingerprint density at radius 2 is 1.88 bits per heavy atom. The summed E-state index contributed by atoms with van der Waals surface area (Å²) in [5, 5.41) is 3.42. The summed E-state index contributed by atoms with van der Waals surface area (Å²) in [7, 11) is 0. The summed E-state index contributed by atoms with van der Waals surface area (Å²) in [6.45, 7) is 2.58. The molecule has 92 valence electrons. The van der Waals surface area contributed by atoms with Crippen molar-refractivity contribution in [2.24, 2.45) is 5.73 Å². The number of amides is 1. The lowest BCUT2D eigenvalue weighted by Crippen LogP contribution is -2.52. The van der Waals surface area contributed by atoms with E-state index in [1.807, 2.05) is 0 Å². The second-order valence-corrected chi connectivity index (χ2v) is 5.08. The molecule has 0 aromatic heterocycles. The SMILES string of the molecule is NC(=O)CN(C1CCCC1)C1CCCNC1. The van der Waals surface area contributed by atoms with Gasteiger partial charge in [-0.2, -0.15) is 0 Å². The van der Waals surface area contributed by atoms with Gasteiger partial charge in [-0.1, -0.05) is 12.8 Å². The van der Waals surface area contributed by atoms with Gasteiger partial charge in [-0.15, -0.1) is 0 Å².